The van der Waals surface area contributed by atoms with E-state index in [2.05, 4.69) is 45.3 Å². The first-order chi connectivity index (χ1) is 28.9. The number of nitrogens with zero attached hydrogens (tertiary/aromatic N) is 9. The molecule has 3 fully saturated rings. The van der Waals surface area contributed by atoms with Gasteiger partial charge in [0.15, 0.2) is 11.6 Å². The van der Waals surface area contributed by atoms with Crippen LogP contribution in [0.5, 0.6) is 0 Å². The Balaban J connectivity index is 0.767. The van der Waals surface area contributed by atoms with Gasteiger partial charge < -0.3 is 19.7 Å². The molecule has 3 amide bonds. The van der Waals surface area contributed by atoms with E-state index in [-0.39, 0.29) is 59.6 Å². The van der Waals surface area contributed by atoms with E-state index >= 15 is 13.2 Å². The van der Waals surface area contributed by atoms with E-state index < -0.39 is 35.3 Å². The van der Waals surface area contributed by atoms with E-state index in [9.17, 15) is 14.4 Å². The lowest BCUT2D eigenvalue weighted by molar-refractivity contribution is -0.136. The molecule has 0 radical (unpaired) electrons. The lowest BCUT2D eigenvalue weighted by atomic mass is 10.0. The van der Waals surface area contributed by atoms with Crippen molar-refractivity contribution in [1.29, 1.82) is 0 Å². The Kier molecular flexibility index (Phi) is 10.5. The third kappa shape index (κ3) is 7.55. The van der Waals surface area contributed by atoms with Crippen LogP contribution in [0.4, 0.5) is 30.6 Å². The number of imide groups is 1. The summed E-state index contributed by atoms with van der Waals surface area (Å²) in [5.41, 5.74) is 3.45. The van der Waals surface area contributed by atoms with Crippen molar-refractivity contribution in [2.75, 3.05) is 49.5 Å². The van der Waals surface area contributed by atoms with Gasteiger partial charge in [0.25, 0.3) is 5.91 Å². The van der Waals surface area contributed by atoms with Crippen LogP contribution in [0.1, 0.15) is 72.9 Å². The van der Waals surface area contributed by atoms with Crippen LogP contribution in [0.2, 0.25) is 0 Å². The van der Waals surface area contributed by atoms with Crippen molar-refractivity contribution in [3.05, 3.63) is 88.8 Å². The minimum Gasteiger partial charge on any atom is -0.370 e. The number of pyridine rings is 1. The number of fused-ring (bicyclic) bond motifs is 2. The zero-order valence-electron chi connectivity index (χ0n) is 33.7. The van der Waals surface area contributed by atoms with Crippen LogP contribution in [0.15, 0.2) is 48.8 Å². The largest absolute Gasteiger partial charge is 0.370 e. The molecule has 14 nitrogen and oxygen atoms in total. The molecule has 1 atom stereocenters. The van der Waals surface area contributed by atoms with Crippen LogP contribution < -0.4 is 15.5 Å². The third-order valence-electron chi connectivity index (χ3n) is 12.2. The number of carbonyl (C=O) groups is 3. The fourth-order valence-electron chi connectivity index (χ4n) is 9.29. The molecule has 3 aromatic heterocycles. The number of hydrogen-bond donors (Lipinski definition) is 2. The van der Waals surface area contributed by atoms with Gasteiger partial charge >= 0.3 is 0 Å². The van der Waals surface area contributed by atoms with Gasteiger partial charge in [-0.1, -0.05) is 6.07 Å². The van der Waals surface area contributed by atoms with Gasteiger partial charge in [0.1, 0.15) is 34.7 Å². The number of piperazine rings is 1. The average Bonchev–Trinajstić information content (AvgIpc) is 3.75. The number of anilines is 3. The van der Waals surface area contributed by atoms with Crippen molar-refractivity contribution >= 4 is 46.2 Å². The van der Waals surface area contributed by atoms with Gasteiger partial charge in [-0.25, -0.2) is 33.1 Å². The summed E-state index contributed by atoms with van der Waals surface area (Å²) in [5.74, 6) is -1.87. The molecule has 312 valence electrons. The Bertz CT molecular complexity index is 2500. The number of benzene rings is 2. The Hall–Kier alpha value is -5.94. The zero-order chi connectivity index (χ0) is 41.8. The predicted molar refractivity (Wildman–Crippen MR) is 218 cm³/mol. The monoisotopic (exact) mass is 821 g/mol. The molecule has 5 aromatic rings. The maximum Gasteiger partial charge on any atom is 0.258 e. The quantitative estimate of drug-likeness (QED) is 0.182. The Morgan fingerprint density at radius 3 is 2.37 bits per heavy atom. The average molecular weight is 822 g/mol. The number of hydrogen-bond acceptors (Lipinski definition) is 11. The molecule has 4 aliphatic heterocycles. The second-order valence-electron chi connectivity index (χ2n) is 16.4. The fraction of sp³-hybridized carbons (Fsp3) is 0.419. The molecule has 4 aliphatic rings. The molecular weight excluding hydrogens is 776 g/mol. The number of rotatable bonds is 9. The highest BCUT2D eigenvalue weighted by molar-refractivity contribution is 6.05. The van der Waals surface area contributed by atoms with E-state index in [1.165, 1.54) is 17.0 Å². The van der Waals surface area contributed by atoms with E-state index in [0.717, 1.165) is 69.6 Å². The van der Waals surface area contributed by atoms with Crippen LogP contribution in [-0.2, 0) is 22.7 Å². The van der Waals surface area contributed by atoms with E-state index in [1.54, 1.807) is 12.3 Å². The first-order valence-corrected chi connectivity index (χ1v) is 20.5. The molecule has 9 rings (SSSR count). The SMILES string of the molecule is Cc1nc2c(F)cc(-c3nc(Nc4ccc(N5CCC(N6CCN(Cc7cc(F)c8c(c7)CN(C7CCC(=O)NC7=O)C8=O)CC6)CC5)cn4)ncc3F)cc2n1C(C)C. The summed E-state index contributed by atoms with van der Waals surface area (Å²) in [6.07, 6.45) is 5.26. The molecule has 2 N–H and O–H groups in total. The summed E-state index contributed by atoms with van der Waals surface area (Å²) in [4.78, 5) is 63.1. The molecule has 17 heteroatoms. The Morgan fingerprint density at radius 1 is 0.867 bits per heavy atom. The van der Waals surface area contributed by atoms with Gasteiger partial charge in [-0.15, -0.1) is 0 Å². The van der Waals surface area contributed by atoms with Crippen molar-refractivity contribution in [3.63, 3.8) is 0 Å². The highest BCUT2D eigenvalue weighted by Gasteiger charge is 2.41. The number of aromatic nitrogens is 5. The van der Waals surface area contributed by atoms with E-state index in [1.807, 2.05) is 43.5 Å². The molecule has 0 saturated carbocycles. The van der Waals surface area contributed by atoms with Crippen LogP contribution in [0.25, 0.3) is 22.3 Å². The highest BCUT2D eigenvalue weighted by Crippen LogP contribution is 2.33. The minimum absolute atomic E-state index is 0.0208. The highest BCUT2D eigenvalue weighted by atomic mass is 19.1. The fourth-order valence-corrected chi connectivity index (χ4v) is 9.29. The normalized spacial score (nSPS) is 19.4. The number of aryl methyl sites for hydroxylation is 1. The Labute approximate surface area is 344 Å². The second kappa shape index (κ2) is 15.9. The van der Waals surface area contributed by atoms with Gasteiger partial charge in [0.05, 0.1) is 29.2 Å². The van der Waals surface area contributed by atoms with Gasteiger partial charge in [0, 0.05) is 76.4 Å². The van der Waals surface area contributed by atoms with Crippen molar-refractivity contribution in [2.24, 2.45) is 0 Å². The minimum atomic E-state index is -0.778. The van der Waals surface area contributed by atoms with Crippen molar-refractivity contribution in [2.45, 2.75) is 77.7 Å². The second-order valence-corrected chi connectivity index (χ2v) is 16.4. The van der Waals surface area contributed by atoms with Gasteiger partial charge in [0.2, 0.25) is 17.8 Å². The summed E-state index contributed by atoms with van der Waals surface area (Å²) in [5, 5.41) is 5.35. The maximum absolute atomic E-state index is 15.3. The molecular formula is C43H46F3N11O3. The molecule has 1 unspecified atom stereocenters. The molecule has 2 aromatic carbocycles. The molecule has 3 saturated heterocycles. The summed E-state index contributed by atoms with van der Waals surface area (Å²) >= 11 is 0. The smallest absolute Gasteiger partial charge is 0.258 e. The molecule has 0 spiro atoms. The number of nitrogens with one attached hydrogen (secondary N) is 2. The van der Waals surface area contributed by atoms with Crippen molar-refractivity contribution in [3.8, 4) is 11.3 Å². The van der Waals surface area contributed by atoms with Crippen molar-refractivity contribution < 1.29 is 27.6 Å². The number of imidazole rings is 1. The Morgan fingerprint density at radius 2 is 1.65 bits per heavy atom. The molecule has 0 bridgehead atoms. The van der Waals surface area contributed by atoms with Crippen LogP contribution in [0, 0.1) is 24.4 Å². The summed E-state index contributed by atoms with van der Waals surface area (Å²) in [7, 11) is 0. The van der Waals surface area contributed by atoms with Gasteiger partial charge in [-0.05, 0) is 81.5 Å². The van der Waals surface area contributed by atoms with Crippen LogP contribution in [-0.4, -0.2) is 108 Å². The lowest BCUT2D eigenvalue weighted by Crippen LogP contribution is -2.53. The standard InChI is InChI=1S/C43H46F3N11O3/c1-24(2)57-25(3)49-40-32(45)18-27(19-35(40)57)39-33(46)21-48-43(52-39)50-36-6-4-30(20-47-36)54-10-8-29(9-11-54)55-14-12-53(13-15-55)22-26-16-28-23-56(42(60)38(28)31(44)17-26)34-5-7-37(58)51-41(34)59/h4,6,16-21,24,29,34H,5,7-15,22-23H2,1-3H3,(H,51,58,59)(H,47,48,50,52). The molecule has 60 heavy (non-hydrogen) atoms. The number of piperidine rings is 2. The number of amides is 3. The lowest BCUT2D eigenvalue weighted by Gasteiger charge is -2.43. The summed E-state index contributed by atoms with van der Waals surface area (Å²) in [6, 6.07) is 9.80. The van der Waals surface area contributed by atoms with E-state index in [0.29, 0.717) is 35.3 Å². The van der Waals surface area contributed by atoms with Crippen molar-refractivity contribution in [1.82, 2.24) is 44.5 Å². The number of halogens is 3. The molecule has 7 heterocycles. The molecule has 0 aliphatic carbocycles. The van der Waals surface area contributed by atoms with Gasteiger partial charge in [-0.3, -0.25) is 29.5 Å². The van der Waals surface area contributed by atoms with Crippen LogP contribution >= 0.6 is 0 Å². The first-order valence-electron chi connectivity index (χ1n) is 20.5. The van der Waals surface area contributed by atoms with Gasteiger partial charge in [-0.2, -0.15) is 0 Å². The third-order valence-corrected chi connectivity index (χ3v) is 12.2. The summed E-state index contributed by atoms with van der Waals surface area (Å²) < 4.78 is 47.4. The van der Waals surface area contributed by atoms with E-state index in [4.69, 9.17) is 0 Å². The summed E-state index contributed by atoms with van der Waals surface area (Å²) in [6.45, 7) is 11.7. The van der Waals surface area contributed by atoms with Crippen LogP contribution in [0.3, 0.4) is 0 Å². The maximum atomic E-state index is 15.3. The number of carbonyl (C=O) groups excluding carboxylic acids is 3. The zero-order valence-corrected chi connectivity index (χ0v) is 33.7. The topological polar surface area (TPSA) is 145 Å². The first kappa shape index (κ1) is 39.5. The predicted octanol–water partition coefficient (Wildman–Crippen LogP) is 5.49.